The summed E-state index contributed by atoms with van der Waals surface area (Å²) in [5, 5.41) is 8.59. The van der Waals surface area contributed by atoms with Crippen LogP contribution >= 0.6 is 0 Å². The van der Waals surface area contributed by atoms with Crippen LogP contribution in [-0.2, 0) is 11.2 Å². The van der Waals surface area contributed by atoms with Crippen LogP contribution in [0.2, 0.25) is 0 Å². The molecule has 0 aromatic carbocycles. The Balaban J connectivity index is 2.94. The van der Waals surface area contributed by atoms with Gasteiger partial charge in [-0.05, 0) is 12.5 Å². The molecule has 0 radical (unpaired) electrons. The number of rotatable bonds is 3. The quantitative estimate of drug-likeness (QED) is 0.691. The van der Waals surface area contributed by atoms with E-state index in [1.54, 1.807) is 6.07 Å². The Labute approximate surface area is 75.6 Å². The maximum absolute atomic E-state index is 10.5. The molecule has 0 spiro atoms. The summed E-state index contributed by atoms with van der Waals surface area (Å²) in [6.45, 7) is 1.93. The fourth-order valence-corrected chi connectivity index (χ4v) is 0.870. The van der Waals surface area contributed by atoms with Gasteiger partial charge in [-0.2, -0.15) is 0 Å². The van der Waals surface area contributed by atoms with Crippen molar-refractivity contribution in [1.82, 2.24) is 9.97 Å². The molecule has 1 atom stereocenters. The monoisotopic (exact) mass is 181 g/mol. The minimum atomic E-state index is -1.13. The van der Waals surface area contributed by atoms with Gasteiger partial charge in [-0.3, -0.25) is 4.79 Å². The molecule has 5 nitrogen and oxygen atoms in total. The zero-order chi connectivity index (χ0) is 9.84. The van der Waals surface area contributed by atoms with Crippen molar-refractivity contribution >= 4 is 5.97 Å². The largest absolute Gasteiger partial charge is 0.480 e. The van der Waals surface area contributed by atoms with Crippen LogP contribution in [0.1, 0.15) is 24.5 Å². The minimum Gasteiger partial charge on any atom is -0.480 e. The van der Waals surface area contributed by atoms with Crippen LogP contribution in [0.3, 0.4) is 0 Å². The number of hydrogen-bond donors (Lipinski definition) is 2. The van der Waals surface area contributed by atoms with Crippen molar-refractivity contribution in [3.63, 3.8) is 0 Å². The van der Waals surface area contributed by atoms with Gasteiger partial charge in [-0.1, -0.05) is 6.92 Å². The molecule has 0 saturated heterocycles. The molecule has 1 heterocycles. The lowest BCUT2D eigenvalue weighted by Gasteiger charge is -2.05. The van der Waals surface area contributed by atoms with Crippen LogP contribution < -0.4 is 5.73 Å². The molecule has 0 fully saturated rings. The van der Waals surface area contributed by atoms with E-state index in [2.05, 4.69) is 9.97 Å². The lowest BCUT2D eigenvalue weighted by atomic mass is 10.2. The molecule has 70 valence electrons. The van der Waals surface area contributed by atoms with Gasteiger partial charge in [0.05, 0.1) is 0 Å². The van der Waals surface area contributed by atoms with Gasteiger partial charge in [0, 0.05) is 11.9 Å². The number of carboxylic acid groups (broad SMARTS) is 1. The van der Waals surface area contributed by atoms with Crippen LogP contribution in [0.4, 0.5) is 0 Å². The standard InChI is InChI=1S/C8H11N3O2/c1-2-5-3-4-10-7(11-5)6(9)8(12)13/h3-4,6H,2,9H2,1H3,(H,12,13). The van der Waals surface area contributed by atoms with E-state index in [-0.39, 0.29) is 5.82 Å². The van der Waals surface area contributed by atoms with E-state index in [4.69, 9.17) is 10.8 Å². The molecule has 1 aromatic heterocycles. The van der Waals surface area contributed by atoms with Crippen molar-refractivity contribution in [2.75, 3.05) is 0 Å². The maximum atomic E-state index is 10.5. The van der Waals surface area contributed by atoms with E-state index in [1.165, 1.54) is 6.20 Å². The molecule has 3 N–H and O–H groups in total. The summed E-state index contributed by atoms with van der Waals surface area (Å²) >= 11 is 0. The van der Waals surface area contributed by atoms with Gasteiger partial charge in [0.25, 0.3) is 0 Å². The van der Waals surface area contributed by atoms with Crippen molar-refractivity contribution in [1.29, 1.82) is 0 Å². The maximum Gasteiger partial charge on any atom is 0.328 e. The van der Waals surface area contributed by atoms with Crippen LogP contribution in [0, 0.1) is 0 Å². The second kappa shape index (κ2) is 3.95. The highest BCUT2D eigenvalue weighted by Crippen LogP contribution is 2.04. The Kier molecular flexibility index (Phi) is 2.92. The molecule has 1 aromatic rings. The molecule has 1 unspecified atom stereocenters. The Bertz CT molecular complexity index is 314. The number of carbonyl (C=O) groups is 1. The molecule has 0 aliphatic rings. The van der Waals surface area contributed by atoms with Gasteiger partial charge in [-0.15, -0.1) is 0 Å². The van der Waals surface area contributed by atoms with Crippen LogP contribution in [-0.4, -0.2) is 21.0 Å². The third-order valence-electron chi connectivity index (χ3n) is 1.64. The Morgan fingerprint density at radius 2 is 2.46 bits per heavy atom. The number of hydrogen-bond acceptors (Lipinski definition) is 4. The van der Waals surface area contributed by atoms with Gasteiger partial charge < -0.3 is 10.8 Å². The Hall–Kier alpha value is -1.49. The normalized spacial score (nSPS) is 12.5. The summed E-state index contributed by atoms with van der Waals surface area (Å²) in [7, 11) is 0. The molecule has 1 rings (SSSR count). The van der Waals surface area contributed by atoms with Gasteiger partial charge >= 0.3 is 5.97 Å². The van der Waals surface area contributed by atoms with Gasteiger partial charge in [0.15, 0.2) is 11.9 Å². The summed E-state index contributed by atoms with van der Waals surface area (Å²) in [5.74, 6) is -0.958. The number of aliphatic carboxylic acids is 1. The second-order valence-electron chi connectivity index (χ2n) is 2.58. The Morgan fingerprint density at radius 3 is 3.00 bits per heavy atom. The lowest BCUT2D eigenvalue weighted by molar-refractivity contribution is -0.138. The molecule has 0 aliphatic carbocycles. The fourth-order valence-electron chi connectivity index (χ4n) is 0.870. The Morgan fingerprint density at radius 1 is 1.77 bits per heavy atom. The van der Waals surface area contributed by atoms with Crippen molar-refractivity contribution < 1.29 is 9.90 Å². The average molecular weight is 181 g/mol. The first kappa shape index (κ1) is 9.60. The molecular weight excluding hydrogens is 170 g/mol. The van der Waals surface area contributed by atoms with Crippen LogP contribution in [0.25, 0.3) is 0 Å². The highest BCUT2D eigenvalue weighted by Gasteiger charge is 2.16. The third kappa shape index (κ3) is 2.22. The predicted octanol–water partition coefficient (Wildman–Crippen LogP) is 0.123. The minimum absolute atomic E-state index is 0.159. The highest BCUT2D eigenvalue weighted by atomic mass is 16.4. The molecule has 0 amide bonds. The predicted molar refractivity (Wildman–Crippen MR) is 46.0 cm³/mol. The highest BCUT2D eigenvalue weighted by molar-refractivity contribution is 5.73. The summed E-state index contributed by atoms with van der Waals surface area (Å²) in [5.41, 5.74) is 6.13. The zero-order valence-electron chi connectivity index (χ0n) is 7.27. The number of aromatic nitrogens is 2. The van der Waals surface area contributed by atoms with Gasteiger partial charge in [0.1, 0.15) is 0 Å². The SMILES string of the molecule is CCc1ccnc(C(N)C(=O)O)n1. The van der Waals surface area contributed by atoms with E-state index in [9.17, 15) is 4.79 Å². The third-order valence-corrected chi connectivity index (χ3v) is 1.64. The van der Waals surface area contributed by atoms with Gasteiger partial charge in [0.2, 0.25) is 0 Å². The summed E-state index contributed by atoms with van der Waals surface area (Å²) in [4.78, 5) is 18.3. The first-order valence-corrected chi connectivity index (χ1v) is 3.95. The summed E-state index contributed by atoms with van der Waals surface area (Å²) in [6, 6.07) is 0.601. The van der Waals surface area contributed by atoms with Crippen molar-refractivity contribution in [3.8, 4) is 0 Å². The molecule has 0 aliphatic heterocycles. The number of carboxylic acids is 1. The van der Waals surface area contributed by atoms with Gasteiger partial charge in [-0.25, -0.2) is 9.97 Å². The van der Waals surface area contributed by atoms with E-state index < -0.39 is 12.0 Å². The van der Waals surface area contributed by atoms with Crippen molar-refractivity contribution in [2.45, 2.75) is 19.4 Å². The lowest BCUT2D eigenvalue weighted by Crippen LogP contribution is -2.23. The van der Waals surface area contributed by atoms with E-state index in [0.29, 0.717) is 0 Å². The molecular formula is C8H11N3O2. The van der Waals surface area contributed by atoms with Crippen molar-refractivity contribution in [3.05, 3.63) is 23.8 Å². The first-order valence-electron chi connectivity index (χ1n) is 3.95. The summed E-state index contributed by atoms with van der Waals surface area (Å²) in [6.07, 6.45) is 2.26. The molecule has 0 bridgehead atoms. The molecule has 13 heavy (non-hydrogen) atoms. The fraction of sp³-hybridized carbons (Fsp3) is 0.375. The number of aryl methyl sites for hydroxylation is 1. The first-order chi connectivity index (χ1) is 6.15. The van der Waals surface area contributed by atoms with E-state index in [0.717, 1.165) is 12.1 Å². The number of nitrogens with zero attached hydrogens (tertiary/aromatic N) is 2. The zero-order valence-corrected chi connectivity index (χ0v) is 7.27. The summed E-state index contributed by atoms with van der Waals surface area (Å²) < 4.78 is 0. The van der Waals surface area contributed by atoms with Crippen LogP contribution in [0.5, 0.6) is 0 Å². The van der Waals surface area contributed by atoms with E-state index in [1.807, 2.05) is 6.92 Å². The van der Waals surface area contributed by atoms with Crippen molar-refractivity contribution in [2.24, 2.45) is 5.73 Å². The topological polar surface area (TPSA) is 89.1 Å². The molecule has 0 saturated carbocycles. The smallest absolute Gasteiger partial charge is 0.328 e. The molecule has 5 heteroatoms. The van der Waals surface area contributed by atoms with E-state index >= 15 is 0 Å². The second-order valence-corrected chi connectivity index (χ2v) is 2.58. The van der Waals surface area contributed by atoms with Crippen LogP contribution in [0.15, 0.2) is 12.3 Å². The average Bonchev–Trinajstić information content (AvgIpc) is 2.16. The number of nitrogens with two attached hydrogens (primary N) is 1.